The average molecular weight is 466 g/mol. The van der Waals surface area contributed by atoms with E-state index in [1.807, 2.05) is 6.07 Å². The fraction of sp³-hybridized carbons (Fsp3) is 0.429. The summed E-state index contributed by atoms with van der Waals surface area (Å²) in [5, 5.41) is 14.6. The molecule has 0 radical (unpaired) electrons. The second kappa shape index (κ2) is 9.87. The molecule has 0 bridgehead atoms. The van der Waals surface area contributed by atoms with Gasteiger partial charge in [-0.05, 0) is 52.8 Å². The van der Waals surface area contributed by atoms with Crippen molar-refractivity contribution in [2.24, 2.45) is 0 Å². The van der Waals surface area contributed by atoms with Gasteiger partial charge in [0.15, 0.2) is 0 Å². The van der Waals surface area contributed by atoms with Crippen molar-refractivity contribution >= 4 is 29.5 Å². The summed E-state index contributed by atoms with van der Waals surface area (Å²) in [6.45, 7) is 8.34. The number of alkyl carbamates (subject to hydrolysis) is 1. The number of hydrogen-bond acceptors (Lipinski definition) is 6. The van der Waals surface area contributed by atoms with Crippen LogP contribution in [0.5, 0.6) is 0 Å². The zero-order valence-electron chi connectivity index (χ0n) is 18.5. The maximum absolute atomic E-state index is 15.0. The largest absolute Gasteiger partial charge is 0.450 e. The first-order chi connectivity index (χ1) is 14.9. The van der Waals surface area contributed by atoms with Crippen LogP contribution in [0.25, 0.3) is 0 Å². The third-order valence-electron chi connectivity index (χ3n) is 4.19. The summed E-state index contributed by atoms with van der Waals surface area (Å²) in [7, 11) is 0. The zero-order valence-corrected chi connectivity index (χ0v) is 19.2. The molecular weight excluding hydrogens is 441 g/mol. The Balaban J connectivity index is 2.51. The number of hydrogen-bond donors (Lipinski definition) is 2. The second-order valence-electron chi connectivity index (χ2n) is 8.13. The van der Waals surface area contributed by atoms with Crippen LogP contribution in [0.4, 0.5) is 19.7 Å². The summed E-state index contributed by atoms with van der Waals surface area (Å²) in [5.74, 6) is -0.670. The Labute approximate surface area is 190 Å². The van der Waals surface area contributed by atoms with Crippen molar-refractivity contribution < 1.29 is 23.5 Å². The van der Waals surface area contributed by atoms with Crippen molar-refractivity contribution in [1.82, 2.24) is 14.9 Å². The molecule has 11 heteroatoms. The highest BCUT2D eigenvalue weighted by molar-refractivity contribution is 6.29. The lowest BCUT2D eigenvalue weighted by atomic mass is 9.90. The lowest BCUT2D eigenvalue weighted by Crippen LogP contribution is -2.49. The standard InChI is InChI=1S/C21H25ClFN5O4/c1-6-31-18(29)25-13-7-8-15(23)14(9-13)21(5,27-19(30)32-20(2,3)4)12-28-11-16(22)26-17(28)10-24/h7-9,11H,6,12H2,1-5H3,(H,25,29)(H,27,30). The molecule has 2 rings (SSSR count). The maximum atomic E-state index is 15.0. The van der Waals surface area contributed by atoms with Gasteiger partial charge in [0, 0.05) is 17.4 Å². The molecule has 1 aromatic carbocycles. The van der Waals surface area contributed by atoms with Gasteiger partial charge in [-0.1, -0.05) is 11.6 Å². The second-order valence-corrected chi connectivity index (χ2v) is 8.51. The van der Waals surface area contributed by atoms with Crippen LogP contribution < -0.4 is 10.6 Å². The number of rotatable bonds is 6. The fourth-order valence-electron chi connectivity index (χ4n) is 2.97. The molecular formula is C21H25ClFN5O4. The number of ether oxygens (including phenoxy) is 2. The molecule has 1 atom stereocenters. The summed E-state index contributed by atoms with van der Waals surface area (Å²) >= 11 is 5.92. The number of carbonyl (C=O) groups is 2. The van der Waals surface area contributed by atoms with Crippen molar-refractivity contribution in [3.05, 3.63) is 46.8 Å². The highest BCUT2D eigenvalue weighted by Crippen LogP contribution is 2.30. The number of halogens is 2. The predicted molar refractivity (Wildman–Crippen MR) is 116 cm³/mol. The number of nitriles is 1. The first kappa shape index (κ1) is 24.9. The van der Waals surface area contributed by atoms with Crippen molar-refractivity contribution in [3.63, 3.8) is 0 Å². The number of benzene rings is 1. The normalized spacial score (nSPS) is 12.9. The van der Waals surface area contributed by atoms with E-state index in [2.05, 4.69) is 15.6 Å². The van der Waals surface area contributed by atoms with Crippen LogP contribution >= 0.6 is 11.6 Å². The monoisotopic (exact) mass is 465 g/mol. The highest BCUT2D eigenvalue weighted by Gasteiger charge is 2.35. The Hall–Kier alpha value is -3.32. The molecule has 0 spiro atoms. The molecule has 1 unspecified atom stereocenters. The van der Waals surface area contributed by atoms with Crippen LogP contribution in [0.15, 0.2) is 24.4 Å². The molecule has 9 nitrogen and oxygen atoms in total. The third-order valence-corrected chi connectivity index (χ3v) is 4.38. The van der Waals surface area contributed by atoms with Crippen molar-refractivity contribution in [1.29, 1.82) is 5.26 Å². The summed E-state index contributed by atoms with van der Waals surface area (Å²) in [6, 6.07) is 5.78. The van der Waals surface area contributed by atoms with E-state index in [-0.39, 0.29) is 35.4 Å². The summed E-state index contributed by atoms with van der Waals surface area (Å²) in [5.41, 5.74) is -1.94. The van der Waals surface area contributed by atoms with Crippen LogP contribution in [-0.4, -0.2) is 33.9 Å². The number of carbonyl (C=O) groups excluding carboxylic acids is 2. The number of anilines is 1. The Morgan fingerprint density at radius 2 is 1.97 bits per heavy atom. The van der Waals surface area contributed by atoms with E-state index in [4.69, 9.17) is 21.1 Å². The Morgan fingerprint density at radius 3 is 2.56 bits per heavy atom. The first-order valence-electron chi connectivity index (χ1n) is 9.74. The average Bonchev–Trinajstić information content (AvgIpc) is 3.00. The van der Waals surface area contributed by atoms with E-state index in [0.29, 0.717) is 0 Å². The zero-order chi connectivity index (χ0) is 24.1. The van der Waals surface area contributed by atoms with Gasteiger partial charge in [-0.25, -0.2) is 19.0 Å². The van der Waals surface area contributed by atoms with E-state index >= 15 is 0 Å². The minimum absolute atomic E-state index is 0.0200. The predicted octanol–water partition coefficient (Wildman–Crippen LogP) is 4.56. The molecule has 0 aliphatic rings. The van der Waals surface area contributed by atoms with Gasteiger partial charge in [-0.15, -0.1) is 0 Å². The van der Waals surface area contributed by atoms with Crippen LogP contribution in [0.3, 0.4) is 0 Å². The summed E-state index contributed by atoms with van der Waals surface area (Å²) < 4.78 is 26.6. The van der Waals surface area contributed by atoms with Gasteiger partial charge in [0.05, 0.1) is 18.7 Å². The minimum Gasteiger partial charge on any atom is -0.450 e. The summed E-state index contributed by atoms with van der Waals surface area (Å²) in [6.07, 6.45) is -0.110. The van der Waals surface area contributed by atoms with Gasteiger partial charge >= 0.3 is 12.2 Å². The van der Waals surface area contributed by atoms with Gasteiger partial charge in [0.2, 0.25) is 5.82 Å². The van der Waals surface area contributed by atoms with E-state index < -0.39 is 29.1 Å². The van der Waals surface area contributed by atoms with Crippen molar-refractivity contribution in [2.45, 2.75) is 52.3 Å². The Morgan fingerprint density at radius 1 is 1.28 bits per heavy atom. The molecule has 1 aromatic heterocycles. The molecule has 32 heavy (non-hydrogen) atoms. The first-order valence-corrected chi connectivity index (χ1v) is 10.1. The van der Waals surface area contributed by atoms with Crippen LogP contribution in [0, 0.1) is 17.1 Å². The molecule has 2 amide bonds. The maximum Gasteiger partial charge on any atom is 0.411 e. The molecule has 2 aromatic rings. The van der Waals surface area contributed by atoms with Crippen molar-refractivity contribution in [2.75, 3.05) is 11.9 Å². The topological polar surface area (TPSA) is 118 Å². The quantitative estimate of drug-likeness (QED) is 0.645. The lowest BCUT2D eigenvalue weighted by Gasteiger charge is -2.33. The third kappa shape index (κ3) is 6.59. The van der Waals surface area contributed by atoms with Crippen LogP contribution in [-0.2, 0) is 21.6 Å². The molecule has 0 fully saturated rings. The van der Waals surface area contributed by atoms with Gasteiger partial charge in [0.25, 0.3) is 0 Å². The molecule has 0 saturated heterocycles. The van der Waals surface area contributed by atoms with E-state index in [1.165, 1.54) is 22.9 Å². The smallest absolute Gasteiger partial charge is 0.411 e. The fourth-order valence-corrected chi connectivity index (χ4v) is 3.16. The summed E-state index contributed by atoms with van der Waals surface area (Å²) in [4.78, 5) is 28.3. The molecule has 0 aliphatic heterocycles. The SMILES string of the molecule is CCOC(=O)Nc1ccc(F)c(C(C)(Cn2cc(Cl)nc2C#N)NC(=O)OC(C)(C)C)c1. The highest BCUT2D eigenvalue weighted by atomic mass is 35.5. The molecule has 1 heterocycles. The van der Waals surface area contributed by atoms with Gasteiger partial charge in [0.1, 0.15) is 22.6 Å². The lowest BCUT2D eigenvalue weighted by molar-refractivity contribution is 0.0448. The van der Waals surface area contributed by atoms with E-state index in [9.17, 15) is 19.2 Å². The molecule has 172 valence electrons. The number of imidazole rings is 1. The van der Waals surface area contributed by atoms with Crippen LogP contribution in [0.2, 0.25) is 5.15 Å². The minimum atomic E-state index is -1.42. The van der Waals surface area contributed by atoms with Gasteiger partial charge < -0.3 is 19.4 Å². The van der Waals surface area contributed by atoms with Crippen LogP contribution in [0.1, 0.15) is 46.0 Å². The van der Waals surface area contributed by atoms with E-state index in [1.54, 1.807) is 34.6 Å². The van der Waals surface area contributed by atoms with Gasteiger partial charge in [-0.3, -0.25) is 5.32 Å². The number of nitrogens with zero attached hydrogens (tertiary/aromatic N) is 3. The Bertz CT molecular complexity index is 1040. The van der Waals surface area contributed by atoms with E-state index in [0.717, 1.165) is 6.07 Å². The molecule has 0 saturated carbocycles. The Kier molecular flexibility index (Phi) is 7.69. The number of amides is 2. The molecule has 0 aliphatic carbocycles. The number of aromatic nitrogens is 2. The number of nitrogens with one attached hydrogen (secondary N) is 2. The van der Waals surface area contributed by atoms with Crippen molar-refractivity contribution in [3.8, 4) is 6.07 Å². The molecule has 2 N–H and O–H groups in total. The van der Waals surface area contributed by atoms with Gasteiger partial charge in [-0.2, -0.15) is 5.26 Å².